The van der Waals surface area contributed by atoms with Crippen LogP contribution in [0.4, 0.5) is 4.39 Å². The lowest BCUT2D eigenvalue weighted by atomic mass is 9.86. The van der Waals surface area contributed by atoms with Crippen molar-refractivity contribution < 1.29 is 4.39 Å². The molecule has 0 bridgehead atoms. The summed E-state index contributed by atoms with van der Waals surface area (Å²) in [5.41, 5.74) is 3.92. The van der Waals surface area contributed by atoms with E-state index in [-0.39, 0.29) is 11.9 Å². The fraction of sp³-hybridized carbons (Fsp3) is 0.500. The third-order valence-corrected chi connectivity index (χ3v) is 3.26. The molecule has 1 aliphatic rings. The molecule has 1 saturated heterocycles. The maximum absolute atomic E-state index is 12.8. The fourth-order valence-electron chi connectivity index (χ4n) is 2.35. The minimum Gasteiger partial charge on any atom is -0.317 e. The summed E-state index contributed by atoms with van der Waals surface area (Å²) >= 11 is 0. The molecule has 88 valence electrons. The van der Waals surface area contributed by atoms with E-state index in [9.17, 15) is 4.39 Å². The van der Waals surface area contributed by atoms with Gasteiger partial charge < -0.3 is 5.32 Å². The van der Waals surface area contributed by atoms with Crippen LogP contribution >= 0.6 is 0 Å². The van der Waals surface area contributed by atoms with E-state index in [1.54, 1.807) is 0 Å². The van der Waals surface area contributed by atoms with Crippen molar-refractivity contribution in [1.29, 1.82) is 0 Å². The molecule has 1 aromatic carbocycles. The number of nitrogens with two attached hydrogens (primary N) is 1. The van der Waals surface area contributed by atoms with E-state index in [1.807, 2.05) is 12.1 Å². The van der Waals surface area contributed by atoms with Gasteiger partial charge in [-0.25, -0.2) is 4.39 Å². The molecule has 0 amide bonds. The molecule has 0 unspecified atom stereocenters. The second-order valence-corrected chi connectivity index (χ2v) is 4.28. The van der Waals surface area contributed by atoms with Crippen LogP contribution in [0.15, 0.2) is 24.3 Å². The first-order valence-corrected chi connectivity index (χ1v) is 5.73. The lowest BCUT2D eigenvalue weighted by Gasteiger charge is -2.30. The van der Waals surface area contributed by atoms with E-state index in [1.165, 1.54) is 12.1 Å². The predicted octanol–water partition coefficient (Wildman–Crippen LogP) is 1.33. The normalized spacial score (nSPS) is 19.6. The number of hydrogen-bond donors (Lipinski definition) is 3. The zero-order chi connectivity index (χ0) is 11.4. The van der Waals surface area contributed by atoms with Crippen LogP contribution in [0.5, 0.6) is 0 Å². The largest absolute Gasteiger partial charge is 0.317 e. The van der Waals surface area contributed by atoms with Crippen molar-refractivity contribution in [2.45, 2.75) is 18.9 Å². The molecule has 2 rings (SSSR count). The van der Waals surface area contributed by atoms with E-state index in [0.717, 1.165) is 31.5 Å². The van der Waals surface area contributed by atoms with Gasteiger partial charge in [0.25, 0.3) is 0 Å². The van der Waals surface area contributed by atoms with Crippen LogP contribution in [0.1, 0.15) is 24.4 Å². The van der Waals surface area contributed by atoms with Gasteiger partial charge in [-0.15, -0.1) is 0 Å². The van der Waals surface area contributed by atoms with Crippen molar-refractivity contribution in [2.24, 2.45) is 11.8 Å². The van der Waals surface area contributed by atoms with Gasteiger partial charge in [0.1, 0.15) is 5.82 Å². The van der Waals surface area contributed by atoms with Gasteiger partial charge in [-0.05, 0) is 49.5 Å². The van der Waals surface area contributed by atoms with Crippen LogP contribution < -0.4 is 16.6 Å². The Balaban J connectivity index is 2.11. The Labute approximate surface area is 95.2 Å². The molecule has 1 fully saturated rings. The predicted molar refractivity (Wildman–Crippen MR) is 62.1 cm³/mol. The number of nitrogens with one attached hydrogen (secondary N) is 2. The summed E-state index contributed by atoms with van der Waals surface area (Å²) < 4.78 is 12.8. The highest BCUT2D eigenvalue weighted by molar-refractivity contribution is 5.20. The molecule has 0 aliphatic carbocycles. The van der Waals surface area contributed by atoms with Gasteiger partial charge in [0.05, 0.1) is 0 Å². The lowest BCUT2D eigenvalue weighted by molar-refractivity contribution is 0.285. The van der Waals surface area contributed by atoms with E-state index in [2.05, 4.69) is 10.7 Å². The Bertz CT molecular complexity index is 320. The highest BCUT2D eigenvalue weighted by atomic mass is 19.1. The number of hydrazine groups is 1. The summed E-state index contributed by atoms with van der Waals surface area (Å²) in [6.07, 6.45) is 2.21. The average Bonchev–Trinajstić information content (AvgIpc) is 2.34. The minimum absolute atomic E-state index is 0.127. The number of hydrogen-bond acceptors (Lipinski definition) is 3. The summed E-state index contributed by atoms with van der Waals surface area (Å²) in [6.45, 7) is 2.06. The van der Waals surface area contributed by atoms with E-state index in [0.29, 0.717) is 5.92 Å². The molecule has 1 heterocycles. The van der Waals surface area contributed by atoms with Crippen molar-refractivity contribution in [3.63, 3.8) is 0 Å². The highest BCUT2D eigenvalue weighted by Crippen LogP contribution is 2.28. The van der Waals surface area contributed by atoms with Gasteiger partial charge in [0.15, 0.2) is 0 Å². The van der Waals surface area contributed by atoms with Crippen LogP contribution in [-0.4, -0.2) is 13.1 Å². The van der Waals surface area contributed by atoms with Crippen molar-refractivity contribution >= 4 is 0 Å². The molecule has 4 N–H and O–H groups in total. The maximum atomic E-state index is 12.8. The average molecular weight is 223 g/mol. The van der Waals surface area contributed by atoms with Gasteiger partial charge in [-0.1, -0.05) is 12.1 Å². The SMILES string of the molecule is NN[C@@H](c1ccc(F)cc1)C1CCNCC1. The monoisotopic (exact) mass is 223 g/mol. The second-order valence-electron chi connectivity index (χ2n) is 4.28. The standard InChI is InChI=1S/C12H18FN3/c13-11-3-1-9(2-4-11)12(16-14)10-5-7-15-8-6-10/h1-4,10,12,15-16H,5-8,14H2/t12-/m0/s1. The van der Waals surface area contributed by atoms with Gasteiger partial charge in [0.2, 0.25) is 0 Å². The summed E-state index contributed by atoms with van der Waals surface area (Å²) in [7, 11) is 0. The Morgan fingerprint density at radius 2 is 1.88 bits per heavy atom. The number of piperidine rings is 1. The molecule has 0 spiro atoms. The Morgan fingerprint density at radius 1 is 1.25 bits per heavy atom. The second kappa shape index (κ2) is 5.39. The van der Waals surface area contributed by atoms with E-state index < -0.39 is 0 Å². The maximum Gasteiger partial charge on any atom is 0.123 e. The lowest BCUT2D eigenvalue weighted by Crippen LogP contribution is -2.39. The highest BCUT2D eigenvalue weighted by Gasteiger charge is 2.23. The fourth-order valence-corrected chi connectivity index (χ4v) is 2.35. The van der Waals surface area contributed by atoms with Crippen LogP contribution in [0.25, 0.3) is 0 Å². The van der Waals surface area contributed by atoms with Crippen molar-refractivity contribution in [3.05, 3.63) is 35.6 Å². The van der Waals surface area contributed by atoms with Crippen LogP contribution in [0.2, 0.25) is 0 Å². The third-order valence-electron chi connectivity index (χ3n) is 3.26. The first kappa shape index (κ1) is 11.5. The number of halogens is 1. The van der Waals surface area contributed by atoms with Gasteiger partial charge in [-0.3, -0.25) is 11.3 Å². The van der Waals surface area contributed by atoms with Gasteiger partial charge in [0, 0.05) is 6.04 Å². The van der Waals surface area contributed by atoms with Crippen molar-refractivity contribution in [3.8, 4) is 0 Å². The zero-order valence-corrected chi connectivity index (χ0v) is 9.25. The van der Waals surface area contributed by atoms with Crippen molar-refractivity contribution in [2.75, 3.05) is 13.1 Å². The Kier molecular flexibility index (Phi) is 3.88. The Morgan fingerprint density at radius 3 is 2.44 bits per heavy atom. The molecule has 16 heavy (non-hydrogen) atoms. The Hall–Kier alpha value is -0.970. The summed E-state index contributed by atoms with van der Waals surface area (Å²) in [5, 5.41) is 3.33. The summed E-state index contributed by atoms with van der Waals surface area (Å²) in [4.78, 5) is 0. The topological polar surface area (TPSA) is 50.1 Å². The molecule has 1 aliphatic heterocycles. The number of rotatable bonds is 3. The minimum atomic E-state index is -0.204. The van der Waals surface area contributed by atoms with E-state index >= 15 is 0 Å². The molecule has 1 atom stereocenters. The first-order valence-electron chi connectivity index (χ1n) is 5.73. The van der Waals surface area contributed by atoms with Crippen LogP contribution in [0.3, 0.4) is 0 Å². The molecular weight excluding hydrogens is 205 g/mol. The molecule has 4 heteroatoms. The molecule has 1 aromatic rings. The molecule has 3 nitrogen and oxygen atoms in total. The smallest absolute Gasteiger partial charge is 0.123 e. The number of benzene rings is 1. The third kappa shape index (κ3) is 2.58. The van der Waals surface area contributed by atoms with Crippen LogP contribution in [0, 0.1) is 11.7 Å². The first-order chi connectivity index (χ1) is 7.81. The van der Waals surface area contributed by atoms with Crippen molar-refractivity contribution in [1.82, 2.24) is 10.7 Å². The molecular formula is C12H18FN3. The van der Waals surface area contributed by atoms with E-state index in [4.69, 9.17) is 5.84 Å². The summed E-state index contributed by atoms with van der Waals surface area (Å²) in [5.74, 6) is 5.93. The molecule has 0 radical (unpaired) electrons. The quantitative estimate of drug-likeness (QED) is 0.535. The molecule has 0 aromatic heterocycles. The van der Waals surface area contributed by atoms with Gasteiger partial charge >= 0.3 is 0 Å². The van der Waals surface area contributed by atoms with Gasteiger partial charge in [-0.2, -0.15) is 0 Å². The zero-order valence-electron chi connectivity index (χ0n) is 9.25. The van der Waals surface area contributed by atoms with Crippen LogP contribution in [-0.2, 0) is 0 Å². The molecule has 0 saturated carbocycles. The summed E-state index contributed by atoms with van der Waals surface area (Å²) in [6, 6.07) is 6.72.